The molecule has 0 radical (unpaired) electrons. The minimum absolute atomic E-state index is 0.113. The number of nitrogens with two attached hydrogens (primary N) is 3. The molecule has 0 saturated heterocycles. The predicted octanol–water partition coefficient (Wildman–Crippen LogP) is -0.238. The van der Waals surface area contributed by atoms with Gasteiger partial charge in [-0.2, -0.15) is 5.21 Å². The fraction of sp³-hybridized carbons (Fsp3) is 0.176. The number of anilines is 1. The van der Waals surface area contributed by atoms with Gasteiger partial charge in [0.15, 0.2) is 15.8 Å². The fourth-order valence-corrected chi connectivity index (χ4v) is 6.45. The lowest BCUT2D eigenvalue weighted by Crippen LogP contribution is -2.21. The summed E-state index contributed by atoms with van der Waals surface area (Å²) in [6.45, 7) is 0.113. The minimum Gasteiger partial charge on any atom is -0.369 e. The molecule has 0 aliphatic heterocycles. The van der Waals surface area contributed by atoms with E-state index in [4.69, 9.17) is 16.6 Å². The first-order valence-corrected chi connectivity index (χ1v) is 12.4. The smallest absolute Gasteiger partial charge is 0.240 e. The van der Waals surface area contributed by atoms with Gasteiger partial charge in [0.1, 0.15) is 4.90 Å². The summed E-state index contributed by atoms with van der Waals surface area (Å²) in [6, 6.07) is 7.77. The standard InChI is InChI=1S/C17H19N9O4S2/c18-7-2-8-31(27,28)12-6-5-9(10-3-1-4-11-14(10)22-17(19)21-11)13(15(12)32(20,29)30)16-23-25-26-24-16/h1,3-6H,2,7-8,18H2,(H3,19,21,22)(H2,20,29,30)(H,23,24,25,26). The first-order valence-electron chi connectivity index (χ1n) is 9.24. The second-order valence-electron chi connectivity index (χ2n) is 6.88. The van der Waals surface area contributed by atoms with Gasteiger partial charge in [0.25, 0.3) is 0 Å². The Bertz CT molecular complexity index is 1510. The molecule has 15 heteroatoms. The van der Waals surface area contributed by atoms with E-state index in [-0.39, 0.29) is 41.6 Å². The topological polar surface area (TPSA) is 229 Å². The number of H-pyrrole nitrogens is 2. The molecule has 8 N–H and O–H groups in total. The number of fused-ring (bicyclic) bond motifs is 1. The first-order chi connectivity index (χ1) is 15.1. The molecule has 0 aliphatic carbocycles. The molecule has 0 spiro atoms. The quantitative estimate of drug-likeness (QED) is 0.234. The lowest BCUT2D eigenvalue weighted by Gasteiger charge is -2.16. The number of sulfonamides is 1. The van der Waals surface area contributed by atoms with Crippen LogP contribution in [0.15, 0.2) is 40.1 Å². The van der Waals surface area contributed by atoms with E-state index in [9.17, 15) is 16.8 Å². The number of rotatable bonds is 7. The molecule has 0 bridgehead atoms. The van der Waals surface area contributed by atoms with Crippen molar-refractivity contribution in [2.24, 2.45) is 10.9 Å². The van der Waals surface area contributed by atoms with Crippen molar-refractivity contribution < 1.29 is 16.8 Å². The maximum absolute atomic E-state index is 13.0. The Balaban J connectivity index is 2.14. The normalized spacial score (nSPS) is 12.4. The second-order valence-corrected chi connectivity index (χ2v) is 10.5. The van der Waals surface area contributed by atoms with Crippen molar-refractivity contribution in [1.29, 1.82) is 0 Å². The van der Waals surface area contributed by atoms with Gasteiger partial charge in [-0.1, -0.05) is 18.2 Å². The highest BCUT2D eigenvalue weighted by molar-refractivity contribution is 7.93. The first kappa shape index (κ1) is 21.8. The van der Waals surface area contributed by atoms with Crippen LogP contribution in [-0.2, 0) is 19.9 Å². The van der Waals surface area contributed by atoms with Gasteiger partial charge in [-0.3, -0.25) is 0 Å². The predicted molar refractivity (Wildman–Crippen MR) is 116 cm³/mol. The summed E-state index contributed by atoms with van der Waals surface area (Å²) in [5.74, 6) is -0.357. The number of aromatic nitrogens is 6. The van der Waals surface area contributed by atoms with Crippen LogP contribution < -0.4 is 16.6 Å². The third-order valence-electron chi connectivity index (χ3n) is 4.75. The van der Waals surface area contributed by atoms with Crippen molar-refractivity contribution in [3.8, 4) is 22.5 Å². The van der Waals surface area contributed by atoms with Gasteiger partial charge in [-0.05, 0) is 35.9 Å². The fourth-order valence-electron chi connectivity index (χ4n) is 3.46. The largest absolute Gasteiger partial charge is 0.369 e. The zero-order valence-electron chi connectivity index (χ0n) is 16.5. The van der Waals surface area contributed by atoms with Crippen molar-refractivity contribution >= 4 is 36.8 Å². The number of para-hydroxylation sites is 1. The lowest BCUT2D eigenvalue weighted by atomic mass is 9.98. The molecule has 2 heterocycles. The number of aromatic amines is 2. The number of nitrogens with one attached hydrogen (secondary N) is 2. The summed E-state index contributed by atoms with van der Waals surface area (Å²) in [4.78, 5) is 6.06. The van der Waals surface area contributed by atoms with Gasteiger partial charge in [-0.25, -0.2) is 27.0 Å². The van der Waals surface area contributed by atoms with Gasteiger partial charge >= 0.3 is 0 Å². The van der Waals surface area contributed by atoms with E-state index in [1.165, 1.54) is 12.1 Å². The molecule has 2 aromatic carbocycles. The van der Waals surface area contributed by atoms with Crippen LogP contribution in [0.2, 0.25) is 0 Å². The van der Waals surface area contributed by atoms with Crippen LogP contribution in [0.3, 0.4) is 0 Å². The number of imidazole rings is 1. The van der Waals surface area contributed by atoms with Crippen LogP contribution in [-0.4, -0.2) is 59.7 Å². The molecule has 4 aromatic rings. The highest BCUT2D eigenvalue weighted by Crippen LogP contribution is 2.41. The van der Waals surface area contributed by atoms with Crippen molar-refractivity contribution in [3.05, 3.63) is 30.3 Å². The number of tetrazole rings is 1. The van der Waals surface area contributed by atoms with Gasteiger partial charge in [-0.15, -0.1) is 10.2 Å². The van der Waals surface area contributed by atoms with Crippen molar-refractivity contribution in [3.63, 3.8) is 0 Å². The van der Waals surface area contributed by atoms with Gasteiger partial charge in [0.05, 0.1) is 27.2 Å². The van der Waals surface area contributed by atoms with E-state index in [1.807, 2.05) is 0 Å². The third kappa shape index (κ3) is 3.81. The van der Waals surface area contributed by atoms with E-state index in [0.717, 1.165) is 0 Å². The molecule has 13 nitrogen and oxygen atoms in total. The third-order valence-corrected chi connectivity index (χ3v) is 7.71. The summed E-state index contributed by atoms with van der Waals surface area (Å²) in [5, 5.41) is 19.0. The second kappa shape index (κ2) is 7.94. The number of hydrogen-bond donors (Lipinski definition) is 5. The van der Waals surface area contributed by atoms with E-state index < -0.39 is 29.7 Å². The average molecular weight is 478 g/mol. The minimum atomic E-state index is -4.56. The zero-order chi connectivity index (χ0) is 23.1. The van der Waals surface area contributed by atoms with Crippen LogP contribution in [0.5, 0.6) is 0 Å². The molecule has 2 aromatic heterocycles. The molecular formula is C17H19N9O4S2. The maximum atomic E-state index is 13.0. The van der Waals surface area contributed by atoms with Crippen molar-refractivity contribution in [2.75, 3.05) is 18.0 Å². The lowest BCUT2D eigenvalue weighted by molar-refractivity contribution is 0.582. The summed E-state index contributed by atoms with van der Waals surface area (Å²) in [6.07, 6.45) is 0.136. The monoisotopic (exact) mass is 477 g/mol. The molecule has 4 rings (SSSR count). The molecule has 168 valence electrons. The summed E-state index contributed by atoms with van der Waals surface area (Å²) in [5.41, 5.74) is 12.9. The summed E-state index contributed by atoms with van der Waals surface area (Å²) in [7, 11) is -8.62. The van der Waals surface area contributed by atoms with Crippen LogP contribution in [0.25, 0.3) is 33.5 Å². The maximum Gasteiger partial charge on any atom is 0.240 e. The highest BCUT2D eigenvalue weighted by atomic mass is 32.2. The Labute approximate surface area is 182 Å². The average Bonchev–Trinajstić information content (AvgIpc) is 3.39. The van der Waals surface area contributed by atoms with E-state index in [2.05, 4.69) is 30.6 Å². The molecule has 0 amide bonds. The Morgan fingerprint density at radius 2 is 1.81 bits per heavy atom. The summed E-state index contributed by atoms with van der Waals surface area (Å²) >= 11 is 0. The number of nitrogen functional groups attached to an aromatic ring is 1. The van der Waals surface area contributed by atoms with Gasteiger partial charge in [0.2, 0.25) is 15.8 Å². The highest BCUT2D eigenvalue weighted by Gasteiger charge is 2.32. The Hall–Kier alpha value is -3.40. The molecular weight excluding hydrogens is 458 g/mol. The number of hydrogen-bond acceptors (Lipinski definition) is 10. The Morgan fingerprint density at radius 1 is 1.03 bits per heavy atom. The number of primary sulfonamides is 1. The molecule has 0 fully saturated rings. The van der Waals surface area contributed by atoms with Crippen LogP contribution in [0.4, 0.5) is 5.95 Å². The number of sulfone groups is 1. The summed E-state index contributed by atoms with van der Waals surface area (Å²) < 4.78 is 51.3. The van der Waals surface area contributed by atoms with Crippen LogP contribution in [0.1, 0.15) is 6.42 Å². The SMILES string of the molecule is NCCCS(=O)(=O)c1ccc(-c2cccc3[nH]c(N)nc23)c(-c2nn[nH]n2)c1S(N)(=O)=O. The molecule has 32 heavy (non-hydrogen) atoms. The van der Waals surface area contributed by atoms with E-state index in [1.54, 1.807) is 18.2 Å². The molecule has 0 aliphatic rings. The van der Waals surface area contributed by atoms with Crippen molar-refractivity contribution in [2.45, 2.75) is 16.2 Å². The van der Waals surface area contributed by atoms with Crippen molar-refractivity contribution in [1.82, 2.24) is 30.6 Å². The number of nitrogens with zero attached hydrogens (tertiary/aromatic N) is 4. The molecule has 0 unspecified atom stereocenters. The number of benzene rings is 2. The molecule has 0 atom stereocenters. The molecule has 0 saturated carbocycles. The Morgan fingerprint density at radius 3 is 2.47 bits per heavy atom. The van der Waals surface area contributed by atoms with Gasteiger partial charge < -0.3 is 16.5 Å². The van der Waals surface area contributed by atoms with Crippen LogP contribution in [0, 0.1) is 0 Å². The van der Waals surface area contributed by atoms with E-state index in [0.29, 0.717) is 16.6 Å². The van der Waals surface area contributed by atoms with Gasteiger partial charge in [0, 0.05) is 5.56 Å². The zero-order valence-corrected chi connectivity index (χ0v) is 18.1. The Kier molecular flexibility index (Phi) is 5.41. The van der Waals surface area contributed by atoms with E-state index >= 15 is 0 Å². The van der Waals surface area contributed by atoms with Crippen LogP contribution >= 0.6 is 0 Å².